The molecule has 236 valence electrons. The van der Waals surface area contributed by atoms with Crippen molar-refractivity contribution in [3.63, 3.8) is 0 Å². The summed E-state index contributed by atoms with van der Waals surface area (Å²) in [5.41, 5.74) is -4.04. The SMILES string of the molecule is C=C1C2CCC3C45COC(O)(C(O)C4C(C)(C)CCC5=O)C34C(=O)C1(C(=O)C1CCN(S(=O)(=O)c3ccc(Cl)cc3)CC1)C24. The molecule has 0 aromatic heterocycles. The minimum atomic E-state index is -3.78. The molecular formula is C33H38ClNO8S. The van der Waals surface area contributed by atoms with Gasteiger partial charge in [-0.15, -0.1) is 0 Å². The number of fused-ring (bicyclic) bond motifs is 1. The second kappa shape index (κ2) is 8.69. The van der Waals surface area contributed by atoms with Gasteiger partial charge in [0.2, 0.25) is 15.8 Å². The van der Waals surface area contributed by atoms with E-state index >= 15 is 0 Å². The number of nitrogens with zero attached hydrogens (tertiary/aromatic N) is 1. The van der Waals surface area contributed by atoms with Gasteiger partial charge in [-0.2, -0.15) is 4.31 Å². The van der Waals surface area contributed by atoms with E-state index in [1.807, 2.05) is 13.8 Å². The van der Waals surface area contributed by atoms with E-state index in [0.29, 0.717) is 36.3 Å². The Morgan fingerprint density at radius 3 is 2.39 bits per heavy atom. The fourth-order valence-corrected chi connectivity index (χ4v) is 13.3. The number of hydrogen-bond acceptors (Lipinski definition) is 8. The van der Waals surface area contributed by atoms with Crippen molar-refractivity contribution in [1.29, 1.82) is 0 Å². The van der Waals surface area contributed by atoms with Crippen LogP contribution in [-0.4, -0.2) is 71.9 Å². The first kappa shape index (κ1) is 29.5. The molecule has 2 spiro atoms. The molecule has 9 unspecified atom stereocenters. The fourth-order valence-electron chi connectivity index (χ4n) is 11.7. The Labute approximate surface area is 262 Å². The summed E-state index contributed by atoms with van der Waals surface area (Å²) < 4.78 is 34.0. The molecule has 3 aliphatic heterocycles. The molecule has 0 radical (unpaired) electrons. The van der Waals surface area contributed by atoms with Crippen LogP contribution in [0.4, 0.5) is 0 Å². The maximum absolute atomic E-state index is 14.9. The monoisotopic (exact) mass is 643 g/mol. The van der Waals surface area contributed by atoms with Crippen molar-refractivity contribution < 1.29 is 37.8 Å². The number of ether oxygens (including phenoxy) is 1. The molecule has 8 aliphatic rings. The Balaban J connectivity index is 1.12. The van der Waals surface area contributed by atoms with E-state index in [1.165, 1.54) is 28.6 Å². The first-order valence-corrected chi connectivity index (χ1v) is 17.6. The number of hydrogen-bond donors (Lipinski definition) is 2. The number of aliphatic hydroxyl groups is 2. The first-order chi connectivity index (χ1) is 20.6. The Morgan fingerprint density at radius 1 is 1.07 bits per heavy atom. The summed E-state index contributed by atoms with van der Waals surface area (Å²) in [6, 6.07) is 5.96. The van der Waals surface area contributed by atoms with Gasteiger partial charge in [0.15, 0.2) is 11.6 Å². The van der Waals surface area contributed by atoms with Crippen LogP contribution < -0.4 is 0 Å². The molecule has 9 nitrogen and oxygen atoms in total. The van der Waals surface area contributed by atoms with Gasteiger partial charge >= 0.3 is 0 Å². The smallest absolute Gasteiger partial charge is 0.243 e. The molecule has 3 saturated heterocycles. The fraction of sp³-hybridized carbons (Fsp3) is 0.667. The summed E-state index contributed by atoms with van der Waals surface area (Å²) in [5.74, 6) is -5.39. The highest BCUT2D eigenvalue weighted by Gasteiger charge is 2.97. The predicted octanol–water partition coefficient (Wildman–Crippen LogP) is 3.16. The maximum atomic E-state index is 14.9. The van der Waals surface area contributed by atoms with Crippen LogP contribution in [0.25, 0.3) is 0 Å². The van der Waals surface area contributed by atoms with Crippen molar-refractivity contribution in [2.45, 2.75) is 69.2 Å². The lowest BCUT2D eigenvalue weighted by atomic mass is 9.18. The Hall–Kier alpha value is -1.95. The van der Waals surface area contributed by atoms with E-state index in [-0.39, 0.29) is 54.9 Å². The minimum Gasteiger partial charge on any atom is -0.387 e. The van der Waals surface area contributed by atoms with Gasteiger partial charge in [-0.05, 0) is 73.6 Å². The van der Waals surface area contributed by atoms with Crippen LogP contribution in [-0.2, 0) is 29.1 Å². The zero-order valence-corrected chi connectivity index (χ0v) is 26.5. The van der Waals surface area contributed by atoms with Crippen molar-refractivity contribution in [2.75, 3.05) is 19.7 Å². The number of halogens is 1. The zero-order valence-electron chi connectivity index (χ0n) is 24.9. The Kier molecular flexibility index (Phi) is 5.82. The number of carbonyl (C=O) groups excluding carboxylic acids is 3. The van der Waals surface area contributed by atoms with E-state index in [9.17, 15) is 33.0 Å². The van der Waals surface area contributed by atoms with Crippen LogP contribution in [0, 0.1) is 51.2 Å². The van der Waals surface area contributed by atoms with Crippen molar-refractivity contribution >= 4 is 39.0 Å². The number of Topliss-reactive ketones (excluding diaryl/α,β-unsaturated/α-hetero) is 3. The lowest BCUT2D eigenvalue weighted by Gasteiger charge is -2.84. The van der Waals surface area contributed by atoms with Crippen LogP contribution in [0.3, 0.4) is 0 Å². The van der Waals surface area contributed by atoms with Gasteiger partial charge in [0.25, 0.3) is 0 Å². The Morgan fingerprint density at radius 2 is 1.73 bits per heavy atom. The van der Waals surface area contributed by atoms with Gasteiger partial charge in [-0.1, -0.05) is 37.6 Å². The second-order valence-electron chi connectivity index (χ2n) is 15.1. The highest BCUT2D eigenvalue weighted by Crippen LogP contribution is 2.87. The number of allylic oxidation sites excluding steroid dienone is 1. The number of carbonyl (C=O) groups is 3. The molecule has 2 N–H and O–H groups in total. The van der Waals surface area contributed by atoms with E-state index in [2.05, 4.69) is 6.58 Å². The third-order valence-electron chi connectivity index (χ3n) is 13.4. The number of piperidine rings is 1. The molecule has 5 saturated carbocycles. The third kappa shape index (κ3) is 2.90. The average molecular weight is 644 g/mol. The topological polar surface area (TPSA) is 138 Å². The normalized spacial score (nSPS) is 45.9. The standard InChI is InChI=1S/C33H38ClNO8S/c1-17-21-8-9-22-30-16-43-33(40,27(38)25(30)29(2,3)13-10-23(30)36)32(22)24(21)31(17,28(32)39)26(37)18-11-14-35(15-12-18)44(41,42)20-6-4-19(34)5-7-20/h4-7,18,21-22,24-25,27,38,40H,1,8-16H2,2-3H3. The lowest BCUT2D eigenvalue weighted by Crippen LogP contribution is -2.95. The molecule has 5 aliphatic carbocycles. The van der Waals surface area contributed by atoms with Crippen LogP contribution in [0.15, 0.2) is 41.3 Å². The number of benzene rings is 1. The van der Waals surface area contributed by atoms with Crippen LogP contribution in [0.1, 0.15) is 52.4 Å². The summed E-state index contributed by atoms with van der Waals surface area (Å²) in [6.07, 6.45) is 1.14. The van der Waals surface area contributed by atoms with Crippen molar-refractivity contribution in [1.82, 2.24) is 4.31 Å². The average Bonchev–Trinajstić information content (AvgIpc) is 2.99. The van der Waals surface area contributed by atoms with Gasteiger partial charge in [-0.3, -0.25) is 14.4 Å². The van der Waals surface area contributed by atoms with E-state index in [4.69, 9.17) is 16.3 Å². The second-order valence-corrected chi connectivity index (χ2v) is 17.5. The van der Waals surface area contributed by atoms with Gasteiger partial charge in [0.1, 0.15) is 17.3 Å². The molecular weight excluding hydrogens is 606 g/mol. The predicted molar refractivity (Wildman–Crippen MR) is 158 cm³/mol. The summed E-state index contributed by atoms with van der Waals surface area (Å²) >= 11 is 5.94. The van der Waals surface area contributed by atoms with E-state index in [1.54, 1.807) is 0 Å². The highest BCUT2D eigenvalue weighted by atomic mass is 35.5. The molecule has 1 aromatic carbocycles. The first-order valence-electron chi connectivity index (χ1n) is 15.8. The largest absolute Gasteiger partial charge is 0.387 e. The minimum absolute atomic E-state index is 0.0190. The zero-order chi connectivity index (χ0) is 31.4. The van der Waals surface area contributed by atoms with Crippen molar-refractivity contribution in [3.8, 4) is 0 Å². The molecule has 8 fully saturated rings. The summed E-state index contributed by atoms with van der Waals surface area (Å²) in [6.45, 7) is 8.49. The maximum Gasteiger partial charge on any atom is 0.243 e. The molecule has 1 aromatic rings. The van der Waals surface area contributed by atoms with Crippen molar-refractivity contribution in [3.05, 3.63) is 41.4 Å². The number of rotatable bonds is 4. The molecule has 9 rings (SSSR count). The third-order valence-corrected chi connectivity index (χ3v) is 15.6. The molecule has 11 heteroatoms. The molecule has 0 amide bonds. The Bertz CT molecular complexity index is 1650. The number of ketones is 3. The van der Waals surface area contributed by atoms with Crippen LogP contribution in [0.5, 0.6) is 0 Å². The molecule has 44 heavy (non-hydrogen) atoms. The summed E-state index contributed by atoms with van der Waals surface area (Å²) in [4.78, 5) is 43.4. The quantitative estimate of drug-likeness (QED) is 0.377. The highest BCUT2D eigenvalue weighted by molar-refractivity contribution is 7.89. The van der Waals surface area contributed by atoms with Crippen LogP contribution in [0.2, 0.25) is 5.02 Å². The lowest BCUT2D eigenvalue weighted by molar-refractivity contribution is -0.460. The number of sulfonamides is 1. The molecule has 3 heterocycles. The van der Waals surface area contributed by atoms with Gasteiger partial charge in [-0.25, -0.2) is 8.42 Å². The van der Waals surface area contributed by atoms with Gasteiger partial charge < -0.3 is 14.9 Å². The van der Waals surface area contributed by atoms with Crippen LogP contribution >= 0.6 is 11.6 Å². The summed E-state index contributed by atoms with van der Waals surface area (Å²) in [5, 5.41) is 24.6. The summed E-state index contributed by atoms with van der Waals surface area (Å²) in [7, 11) is -3.78. The van der Waals surface area contributed by atoms with Crippen molar-refractivity contribution in [2.24, 2.45) is 51.2 Å². The molecule has 2 bridgehead atoms. The van der Waals surface area contributed by atoms with Gasteiger partial charge in [0, 0.05) is 42.3 Å². The van der Waals surface area contributed by atoms with E-state index < -0.39 is 73.0 Å². The van der Waals surface area contributed by atoms with Gasteiger partial charge in [0.05, 0.1) is 22.3 Å². The molecule has 9 atom stereocenters. The van der Waals surface area contributed by atoms with E-state index in [0.717, 1.165) is 0 Å². The number of aliphatic hydroxyl groups excluding tert-OH is 1.